The molecule has 1 amide bonds. The van der Waals surface area contributed by atoms with Crippen molar-refractivity contribution in [2.45, 2.75) is 60.4 Å². The number of nitrogens with zero attached hydrogens (tertiary/aromatic N) is 3. The maximum absolute atomic E-state index is 12.3. The number of fused-ring (bicyclic) bond motifs is 1. The van der Waals surface area contributed by atoms with Crippen molar-refractivity contribution in [1.82, 2.24) is 14.5 Å². The Morgan fingerprint density at radius 1 is 1.14 bits per heavy atom. The number of hydrogen-bond acceptors (Lipinski definition) is 3. The van der Waals surface area contributed by atoms with E-state index >= 15 is 0 Å². The molecule has 5 heteroatoms. The highest BCUT2D eigenvalue weighted by Crippen LogP contribution is 2.28. The van der Waals surface area contributed by atoms with Crippen molar-refractivity contribution >= 4 is 23.0 Å². The van der Waals surface area contributed by atoms with E-state index in [1.807, 2.05) is 44.4 Å². The van der Waals surface area contributed by atoms with Gasteiger partial charge in [0.15, 0.2) is 5.65 Å². The summed E-state index contributed by atoms with van der Waals surface area (Å²) in [7, 11) is 0. The average molecular weight is 302 g/mol. The van der Waals surface area contributed by atoms with Crippen LogP contribution in [0, 0.1) is 12.3 Å². The summed E-state index contributed by atoms with van der Waals surface area (Å²) in [6, 6.07) is 3.88. The second-order valence-electron chi connectivity index (χ2n) is 8.02. The number of nitrogens with one attached hydrogen (secondary N) is 1. The number of aryl methyl sites for hydroxylation is 1. The minimum absolute atomic E-state index is 0.0231. The Bertz CT molecular complexity index is 702. The molecule has 0 aliphatic carbocycles. The predicted molar refractivity (Wildman–Crippen MR) is 90.0 cm³/mol. The highest BCUT2D eigenvalue weighted by molar-refractivity contribution is 5.91. The van der Waals surface area contributed by atoms with Crippen molar-refractivity contribution in [2.75, 3.05) is 5.32 Å². The molecule has 1 N–H and O–H groups in total. The fourth-order valence-electron chi connectivity index (χ4n) is 2.42. The highest BCUT2D eigenvalue weighted by atomic mass is 16.1. The van der Waals surface area contributed by atoms with Gasteiger partial charge in [0.2, 0.25) is 11.9 Å². The quantitative estimate of drug-likeness (QED) is 0.916. The lowest BCUT2D eigenvalue weighted by atomic mass is 9.92. The van der Waals surface area contributed by atoms with Crippen LogP contribution in [-0.4, -0.2) is 20.4 Å². The zero-order valence-corrected chi connectivity index (χ0v) is 14.6. The van der Waals surface area contributed by atoms with Crippen molar-refractivity contribution in [1.29, 1.82) is 0 Å². The molecule has 0 fully saturated rings. The smallest absolute Gasteiger partial charge is 0.227 e. The number of hydrogen-bond donors (Lipinski definition) is 1. The van der Waals surface area contributed by atoms with Gasteiger partial charge >= 0.3 is 0 Å². The number of amides is 1. The van der Waals surface area contributed by atoms with Crippen molar-refractivity contribution in [3.8, 4) is 0 Å². The number of rotatable bonds is 2. The van der Waals surface area contributed by atoms with Gasteiger partial charge in [0.05, 0.1) is 0 Å². The molecule has 2 aromatic heterocycles. The second kappa shape index (κ2) is 5.38. The summed E-state index contributed by atoms with van der Waals surface area (Å²) in [6.07, 6.45) is 0.451. The molecular formula is C17H26N4O. The molecule has 0 atom stereocenters. The van der Waals surface area contributed by atoms with E-state index in [0.29, 0.717) is 12.4 Å². The standard InChI is InChI=1S/C17H26N4O/c1-11-8-9-12-14(18-11)21(17(5,6)7)15(19-12)20-13(22)10-16(2,3)4/h8-9H,10H2,1-7H3,(H,19,20,22). The molecule has 5 nitrogen and oxygen atoms in total. The van der Waals surface area contributed by atoms with Gasteiger partial charge in [0.1, 0.15) is 5.52 Å². The van der Waals surface area contributed by atoms with Crippen LogP contribution in [-0.2, 0) is 10.3 Å². The van der Waals surface area contributed by atoms with E-state index in [1.165, 1.54) is 0 Å². The van der Waals surface area contributed by atoms with Gasteiger partial charge in [-0.1, -0.05) is 20.8 Å². The zero-order valence-electron chi connectivity index (χ0n) is 14.6. The first-order valence-corrected chi connectivity index (χ1v) is 7.64. The molecule has 2 aromatic rings. The van der Waals surface area contributed by atoms with E-state index in [-0.39, 0.29) is 16.9 Å². The van der Waals surface area contributed by atoms with Gasteiger partial charge in [-0.15, -0.1) is 0 Å². The second-order valence-corrected chi connectivity index (χ2v) is 8.02. The van der Waals surface area contributed by atoms with E-state index in [1.54, 1.807) is 0 Å². The Morgan fingerprint density at radius 3 is 2.32 bits per heavy atom. The molecule has 0 radical (unpaired) electrons. The van der Waals surface area contributed by atoms with Gasteiger partial charge in [-0.25, -0.2) is 9.97 Å². The van der Waals surface area contributed by atoms with Crippen molar-refractivity contribution in [3.63, 3.8) is 0 Å². The van der Waals surface area contributed by atoms with E-state index in [2.05, 4.69) is 36.1 Å². The van der Waals surface area contributed by atoms with Crippen LogP contribution >= 0.6 is 0 Å². The lowest BCUT2D eigenvalue weighted by Crippen LogP contribution is -2.27. The molecule has 0 unspecified atom stereocenters. The number of pyridine rings is 1. The molecule has 2 rings (SSSR count). The first-order chi connectivity index (χ1) is 9.97. The molecule has 22 heavy (non-hydrogen) atoms. The van der Waals surface area contributed by atoms with E-state index in [9.17, 15) is 4.79 Å². The maximum atomic E-state index is 12.3. The largest absolute Gasteiger partial charge is 0.296 e. The fraction of sp³-hybridized carbons (Fsp3) is 0.588. The SMILES string of the molecule is Cc1ccc2nc(NC(=O)CC(C)(C)C)n(C(C)(C)C)c2n1. The summed E-state index contributed by atoms with van der Waals surface area (Å²) < 4.78 is 2.00. The molecule has 0 bridgehead atoms. The number of carbonyl (C=O) groups is 1. The molecule has 0 aromatic carbocycles. The van der Waals surface area contributed by atoms with E-state index < -0.39 is 0 Å². The van der Waals surface area contributed by atoms with Crippen molar-refractivity contribution < 1.29 is 4.79 Å². The van der Waals surface area contributed by atoms with Crippen LogP contribution in [0.25, 0.3) is 11.2 Å². The van der Waals surface area contributed by atoms with Gasteiger partial charge in [-0.3, -0.25) is 14.7 Å². The monoisotopic (exact) mass is 302 g/mol. The zero-order chi connectivity index (χ0) is 16.7. The average Bonchev–Trinajstić information content (AvgIpc) is 2.62. The van der Waals surface area contributed by atoms with Crippen LogP contribution in [0.3, 0.4) is 0 Å². The molecule has 120 valence electrons. The third kappa shape index (κ3) is 3.64. The van der Waals surface area contributed by atoms with Gasteiger partial charge in [-0.2, -0.15) is 0 Å². The third-order valence-corrected chi connectivity index (χ3v) is 3.26. The Morgan fingerprint density at radius 2 is 1.77 bits per heavy atom. The van der Waals surface area contributed by atoms with Gasteiger partial charge in [0, 0.05) is 17.7 Å². The first-order valence-electron chi connectivity index (χ1n) is 7.64. The molecular weight excluding hydrogens is 276 g/mol. The van der Waals surface area contributed by atoms with Crippen LogP contribution < -0.4 is 5.32 Å². The van der Waals surface area contributed by atoms with Crippen LogP contribution in [0.1, 0.15) is 53.7 Å². The van der Waals surface area contributed by atoms with Crippen molar-refractivity contribution in [2.24, 2.45) is 5.41 Å². The topological polar surface area (TPSA) is 59.8 Å². The summed E-state index contributed by atoms with van der Waals surface area (Å²) in [5, 5.41) is 2.96. The number of carbonyl (C=O) groups excluding carboxylic acids is 1. The Balaban J connectivity index is 2.47. The predicted octanol–water partition coefficient (Wildman–Crippen LogP) is 3.87. The summed E-state index contributed by atoms with van der Waals surface area (Å²) >= 11 is 0. The van der Waals surface area contributed by atoms with Crippen LogP contribution in [0.15, 0.2) is 12.1 Å². The summed E-state index contributed by atoms with van der Waals surface area (Å²) in [5.74, 6) is 0.542. The Hall–Kier alpha value is -1.91. The van der Waals surface area contributed by atoms with Crippen LogP contribution in [0.4, 0.5) is 5.95 Å². The molecule has 0 aliphatic heterocycles. The van der Waals surface area contributed by atoms with Crippen molar-refractivity contribution in [3.05, 3.63) is 17.8 Å². The molecule has 0 saturated carbocycles. The number of aromatic nitrogens is 3. The first kappa shape index (κ1) is 16.5. The molecule has 0 saturated heterocycles. The normalized spacial score (nSPS) is 12.7. The number of anilines is 1. The minimum atomic E-state index is -0.222. The molecule has 0 spiro atoms. The third-order valence-electron chi connectivity index (χ3n) is 3.26. The summed E-state index contributed by atoms with van der Waals surface area (Å²) in [4.78, 5) is 21.4. The van der Waals surface area contributed by atoms with Gasteiger partial charge in [-0.05, 0) is 45.2 Å². The minimum Gasteiger partial charge on any atom is -0.296 e. The Kier molecular flexibility index (Phi) is 4.02. The van der Waals surface area contributed by atoms with Crippen LogP contribution in [0.2, 0.25) is 0 Å². The summed E-state index contributed by atoms with van der Waals surface area (Å²) in [6.45, 7) is 14.3. The number of imidazole rings is 1. The highest BCUT2D eigenvalue weighted by Gasteiger charge is 2.25. The molecule has 0 aliphatic rings. The van der Waals surface area contributed by atoms with Gasteiger partial charge in [0.25, 0.3) is 0 Å². The van der Waals surface area contributed by atoms with E-state index in [4.69, 9.17) is 0 Å². The maximum Gasteiger partial charge on any atom is 0.227 e. The van der Waals surface area contributed by atoms with Gasteiger partial charge < -0.3 is 0 Å². The summed E-state index contributed by atoms with van der Waals surface area (Å²) in [5.41, 5.74) is 2.26. The molecule has 2 heterocycles. The Labute approximate surface area is 132 Å². The van der Waals surface area contributed by atoms with E-state index in [0.717, 1.165) is 16.9 Å². The van der Waals surface area contributed by atoms with Crippen LogP contribution in [0.5, 0.6) is 0 Å². The fourth-order valence-corrected chi connectivity index (χ4v) is 2.42. The lowest BCUT2D eigenvalue weighted by Gasteiger charge is -2.24. The lowest BCUT2D eigenvalue weighted by molar-refractivity contribution is -0.117.